The van der Waals surface area contributed by atoms with Crippen LogP contribution in [0.1, 0.15) is 11.3 Å². The number of hydrogen-bond donors (Lipinski definition) is 2. The van der Waals surface area contributed by atoms with Crippen LogP contribution in [-0.2, 0) is 22.6 Å². The number of rotatable bonds is 5. The summed E-state index contributed by atoms with van der Waals surface area (Å²) in [6.45, 7) is 0.225. The van der Waals surface area contributed by atoms with Crippen molar-refractivity contribution >= 4 is 21.9 Å². The maximum atomic E-state index is 11.7. The second-order valence-corrected chi connectivity index (χ2v) is 5.04. The van der Waals surface area contributed by atoms with Crippen molar-refractivity contribution in [3.05, 3.63) is 52.5 Å². The number of nitrogens with two attached hydrogens (primary N) is 1. The summed E-state index contributed by atoms with van der Waals surface area (Å²) in [4.78, 5) is 18.5. The van der Waals surface area contributed by atoms with E-state index < -0.39 is 12.0 Å². The molecule has 19 heavy (non-hydrogen) atoms. The van der Waals surface area contributed by atoms with Crippen LogP contribution in [0.2, 0.25) is 0 Å². The highest BCUT2D eigenvalue weighted by Gasteiger charge is 2.16. The maximum absolute atomic E-state index is 11.7. The summed E-state index contributed by atoms with van der Waals surface area (Å²) in [6.07, 6.45) is 3.58. The van der Waals surface area contributed by atoms with Crippen molar-refractivity contribution in [1.29, 1.82) is 0 Å². The Morgan fingerprint density at radius 3 is 2.79 bits per heavy atom. The molecule has 5 nitrogen and oxygen atoms in total. The smallest absolute Gasteiger partial charge is 0.323 e. The molecule has 1 heterocycles. The third kappa shape index (κ3) is 4.18. The molecule has 0 saturated heterocycles. The standard InChI is InChI=1S/C13H14BrN3O2/c14-10-3-1-9(2-4-10)7-19-13(18)12(15)5-11-6-16-8-17-11/h1-4,6,8,12H,5,7,15H2,(H,16,17)/t12-/m1/s1. The van der Waals surface area contributed by atoms with Gasteiger partial charge in [0, 0.05) is 22.8 Å². The number of carbonyl (C=O) groups is 1. The summed E-state index contributed by atoms with van der Waals surface area (Å²) in [7, 11) is 0. The van der Waals surface area contributed by atoms with Gasteiger partial charge in [-0.1, -0.05) is 28.1 Å². The lowest BCUT2D eigenvalue weighted by Crippen LogP contribution is -2.34. The van der Waals surface area contributed by atoms with E-state index in [4.69, 9.17) is 10.5 Å². The predicted octanol–water partition coefficient (Wildman–Crippen LogP) is 1.79. The van der Waals surface area contributed by atoms with E-state index >= 15 is 0 Å². The minimum absolute atomic E-state index is 0.225. The van der Waals surface area contributed by atoms with Crippen LogP contribution >= 0.6 is 15.9 Å². The molecule has 6 heteroatoms. The van der Waals surface area contributed by atoms with Gasteiger partial charge in [0.25, 0.3) is 0 Å². The van der Waals surface area contributed by atoms with Gasteiger partial charge in [0.05, 0.1) is 6.33 Å². The van der Waals surface area contributed by atoms with Crippen molar-refractivity contribution in [2.75, 3.05) is 0 Å². The number of halogens is 1. The molecule has 1 aromatic carbocycles. The average Bonchev–Trinajstić information content (AvgIpc) is 2.90. The Kier molecular flexibility index (Phi) is 4.70. The molecule has 0 spiro atoms. The number of aromatic nitrogens is 2. The van der Waals surface area contributed by atoms with Gasteiger partial charge in [-0.05, 0) is 17.7 Å². The van der Waals surface area contributed by atoms with Crippen molar-refractivity contribution in [2.45, 2.75) is 19.1 Å². The molecule has 0 radical (unpaired) electrons. The molecule has 0 bridgehead atoms. The Morgan fingerprint density at radius 1 is 1.42 bits per heavy atom. The number of imidazole rings is 1. The lowest BCUT2D eigenvalue weighted by Gasteiger charge is -2.10. The van der Waals surface area contributed by atoms with Crippen molar-refractivity contribution < 1.29 is 9.53 Å². The number of carbonyl (C=O) groups excluding carboxylic acids is 1. The number of nitrogens with zero attached hydrogens (tertiary/aromatic N) is 1. The van der Waals surface area contributed by atoms with Crippen LogP contribution < -0.4 is 5.73 Å². The predicted molar refractivity (Wildman–Crippen MR) is 74.2 cm³/mol. The summed E-state index contributed by atoms with van der Waals surface area (Å²) >= 11 is 3.34. The number of nitrogens with one attached hydrogen (secondary N) is 1. The molecule has 100 valence electrons. The highest BCUT2D eigenvalue weighted by molar-refractivity contribution is 9.10. The van der Waals surface area contributed by atoms with E-state index in [1.165, 1.54) is 0 Å². The van der Waals surface area contributed by atoms with E-state index in [9.17, 15) is 4.79 Å². The van der Waals surface area contributed by atoms with Crippen LogP contribution in [0.5, 0.6) is 0 Å². The van der Waals surface area contributed by atoms with E-state index in [1.807, 2.05) is 24.3 Å². The SMILES string of the molecule is N[C@H](Cc1cnc[nH]1)C(=O)OCc1ccc(Br)cc1. The minimum Gasteiger partial charge on any atom is -0.460 e. The van der Waals surface area contributed by atoms with Crippen LogP contribution in [-0.4, -0.2) is 22.0 Å². The van der Waals surface area contributed by atoms with Gasteiger partial charge in [-0.15, -0.1) is 0 Å². The van der Waals surface area contributed by atoms with Gasteiger partial charge < -0.3 is 15.5 Å². The van der Waals surface area contributed by atoms with E-state index in [-0.39, 0.29) is 6.61 Å². The number of esters is 1. The monoisotopic (exact) mass is 323 g/mol. The largest absolute Gasteiger partial charge is 0.460 e. The molecule has 2 aromatic rings. The molecule has 3 N–H and O–H groups in total. The van der Waals surface area contributed by atoms with Crippen molar-refractivity contribution in [3.8, 4) is 0 Å². The van der Waals surface area contributed by atoms with Gasteiger partial charge >= 0.3 is 5.97 Å². The summed E-state index contributed by atoms with van der Waals surface area (Å²) in [5.41, 5.74) is 7.50. The molecule has 0 aliphatic heterocycles. The zero-order valence-electron chi connectivity index (χ0n) is 10.2. The molecule has 1 aromatic heterocycles. The van der Waals surface area contributed by atoms with E-state index in [2.05, 4.69) is 25.9 Å². The number of benzene rings is 1. The lowest BCUT2D eigenvalue weighted by molar-refractivity contribution is -0.146. The fourth-order valence-corrected chi connectivity index (χ4v) is 1.82. The summed E-state index contributed by atoms with van der Waals surface area (Å²) in [5.74, 6) is -0.419. The zero-order chi connectivity index (χ0) is 13.7. The van der Waals surface area contributed by atoms with Gasteiger partial charge in [0.15, 0.2) is 0 Å². The Balaban J connectivity index is 1.82. The highest BCUT2D eigenvalue weighted by Crippen LogP contribution is 2.11. The average molecular weight is 324 g/mol. The Bertz CT molecular complexity index is 525. The van der Waals surface area contributed by atoms with Gasteiger partial charge in [-0.3, -0.25) is 4.79 Å². The lowest BCUT2D eigenvalue weighted by atomic mass is 10.2. The molecule has 0 aliphatic carbocycles. The molecule has 0 saturated carbocycles. The van der Waals surface area contributed by atoms with E-state index in [1.54, 1.807) is 12.5 Å². The molecule has 0 amide bonds. The Hall–Kier alpha value is -1.66. The van der Waals surface area contributed by atoms with Gasteiger partial charge in [-0.25, -0.2) is 4.98 Å². The first-order valence-corrected chi connectivity index (χ1v) is 6.58. The summed E-state index contributed by atoms with van der Waals surface area (Å²) in [6, 6.07) is 6.88. The third-order valence-electron chi connectivity index (χ3n) is 2.59. The van der Waals surface area contributed by atoms with Crippen molar-refractivity contribution in [3.63, 3.8) is 0 Å². The Labute approximate surface area is 119 Å². The number of H-pyrrole nitrogens is 1. The van der Waals surface area contributed by atoms with Gasteiger partial charge in [0.1, 0.15) is 12.6 Å². The quantitative estimate of drug-likeness (QED) is 0.822. The highest BCUT2D eigenvalue weighted by atomic mass is 79.9. The van der Waals surface area contributed by atoms with Crippen LogP contribution in [0, 0.1) is 0 Å². The fraction of sp³-hybridized carbons (Fsp3) is 0.231. The second kappa shape index (κ2) is 6.49. The summed E-state index contributed by atoms with van der Waals surface area (Å²) in [5, 5.41) is 0. The van der Waals surface area contributed by atoms with Gasteiger partial charge in [0.2, 0.25) is 0 Å². The number of hydrogen-bond acceptors (Lipinski definition) is 4. The van der Waals surface area contributed by atoms with Crippen LogP contribution in [0.4, 0.5) is 0 Å². The molecule has 0 unspecified atom stereocenters. The molecular formula is C13H14BrN3O2. The fourth-order valence-electron chi connectivity index (χ4n) is 1.56. The van der Waals surface area contributed by atoms with Crippen LogP contribution in [0.3, 0.4) is 0 Å². The molecule has 1 atom stereocenters. The second-order valence-electron chi connectivity index (χ2n) is 4.12. The molecular weight excluding hydrogens is 310 g/mol. The maximum Gasteiger partial charge on any atom is 0.323 e. The van der Waals surface area contributed by atoms with Crippen LogP contribution in [0.15, 0.2) is 41.3 Å². The number of ether oxygens (including phenoxy) is 1. The van der Waals surface area contributed by atoms with E-state index in [0.29, 0.717) is 6.42 Å². The normalized spacial score (nSPS) is 12.1. The zero-order valence-corrected chi connectivity index (χ0v) is 11.8. The van der Waals surface area contributed by atoms with E-state index in [0.717, 1.165) is 15.7 Å². The molecule has 2 rings (SSSR count). The molecule has 0 aliphatic rings. The first-order chi connectivity index (χ1) is 9.15. The third-order valence-corrected chi connectivity index (χ3v) is 3.12. The topological polar surface area (TPSA) is 81.0 Å². The van der Waals surface area contributed by atoms with Gasteiger partial charge in [-0.2, -0.15) is 0 Å². The number of aromatic amines is 1. The molecule has 0 fully saturated rings. The van der Waals surface area contributed by atoms with Crippen molar-refractivity contribution in [2.24, 2.45) is 5.73 Å². The summed E-state index contributed by atoms with van der Waals surface area (Å²) < 4.78 is 6.15. The van der Waals surface area contributed by atoms with Crippen LogP contribution in [0.25, 0.3) is 0 Å². The van der Waals surface area contributed by atoms with Crippen molar-refractivity contribution in [1.82, 2.24) is 9.97 Å². The first-order valence-electron chi connectivity index (χ1n) is 5.79. The Morgan fingerprint density at radius 2 is 2.16 bits per heavy atom. The first kappa shape index (κ1) is 13.8. The minimum atomic E-state index is -0.684.